The molecule has 0 aromatic heterocycles. The van der Waals surface area contributed by atoms with Crippen LogP contribution in [0.3, 0.4) is 0 Å². The zero-order chi connectivity index (χ0) is 15.0. The summed E-state index contributed by atoms with van der Waals surface area (Å²) in [6, 6.07) is 7.42. The molecule has 3 nitrogen and oxygen atoms in total. The van der Waals surface area contributed by atoms with Crippen molar-refractivity contribution in [3.05, 3.63) is 65.3 Å². The maximum atomic E-state index is 12.7. The molecule has 0 bridgehead atoms. The second kappa shape index (κ2) is 5.17. The van der Waals surface area contributed by atoms with Crippen molar-refractivity contribution in [1.29, 1.82) is 0 Å². The molecule has 0 radical (unpaired) electrons. The maximum absolute atomic E-state index is 12.7. The van der Waals surface area contributed by atoms with Gasteiger partial charge < -0.3 is 5.73 Å². The Balaban J connectivity index is 1.96. The molecule has 21 heavy (non-hydrogen) atoms. The van der Waals surface area contributed by atoms with E-state index in [1.165, 1.54) is 0 Å². The fourth-order valence-corrected chi connectivity index (χ4v) is 2.95. The van der Waals surface area contributed by atoms with Crippen molar-refractivity contribution in [3.63, 3.8) is 0 Å². The van der Waals surface area contributed by atoms with Gasteiger partial charge in [-0.2, -0.15) is 0 Å². The lowest BCUT2D eigenvalue weighted by atomic mass is 9.71. The van der Waals surface area contributed by atoms with Crippen LogP contribution in [0.2, 0.25) is 0 Å². The lowest BCUT2D eigenvalue weighted by molar-refractivity contribution is -0.127. The number of Topliss-reactive ketones (excluding diaryl/α,β-unsaturated/α-hetero) is 2. The minimum atomic E-state index is -0.338. The van der Waals surface area contributed by atoms with Crippen molar-refractivity contribution >= 4 is 17.3 Å². The van der Waals surface area contributed by atoms with Gasteiger partial charge in [0.05, 0.1) is 11.8 Å². The van der Waals surface area contributed by atoms with Crippen molar-refractivity contribution in [2.75, 3.05) is 5.73 Å². The van der Waals surface area contributed by atoms with Crippen molar-refractivity contribution < 1.29 is 9.59 Å². The molecule has 0 saturated carbocycles. The highest BCUT2D eigenvalue weighted by Gasteiger charge is 2.39. The molecule has 0 spiro atoms. The van der Waals surface area contributed by atoms with Gasteiger partial charge in [-0.3, -0.25) is 9.59 Å². The summed E-state index contributed by atoms with van der Waals surface area (Å²) in [5.74, 6) is -0.534. The van der Waals surface area contributed by atoms with Gasteiger partial charge in [0.1, 0.15) is 0 Å². The average Bonchev–Trinajstić information content (AvgIpc) is 2.51. The van der Waals surface area contributed by atoms with Gasteiger partial charge >= 0.3 is 0 Å². The number of hydrogen-bond acceptors (Lipinski definition) is 3. The Kier molecular flexibility index (Phi) is 3.34. The van der Waals surface area contributed by atoms with Crippen LogP contribution in [-0.4, -0.2) is 11.6 Å². The Bertz CT molecular complexity index is 692. The number of nitrogens with two attached hydrogens (primary N) is 1. The number of carbonyl (C=O) groups excluding carboxylic acids is 2. The molecule has 106 valence electrons. The first-order valence-corrected chi connectivity index (χ1v) is 7.05. The quantitative estimate of drug-likeness (QED) is 0.847. The van der Waals surface area contributed by atoms with E-state index in [0.717, 1.165) is 5.56 Å². The summed E-state index contributed by atoms with van der Waals surface area (Å²) in [4.78, 5) is 25.1. The Labute approximate surface area is 123 Å². The van der Waals surface area contributed by atoms with Gasteiger partial charge in [0.2, 0.25) is 0 Å². The van der Waals surface area contributed by atoms with E-state index in [9.17, 15) is 9.59 Å². The van der Waals surface area contributed by atoms with E-state index in [4.69, 9.17) is 5.73 Å². The smallest absolute Gasteiger partial charge is 0.167 e. The number of rotatable bonds is 2. The fourth-order valence-electron chi connectivity index (χ4n) is 2.95. The van der Waals surface area contributed by atoms with Gasteiger partial charge in [-0.1, -0.05) is 36.4 Å². The Morgan fingerprint density at radius 2 is 1.52 bits per heavy atom. The molecule has 2 aliphatic rings. The standard InChI is InChI=1S/C18H17NO2/c1-11-16(10-12-6-8-13(19)9-7-12)18(21)15-5-3-2-4-14(15)17(11)20/h2-9,14-15H,10,19H2,1H3. The predicted octanol–water partition coefficient (Wildman–Crippen LogP) is 2.64. The summed E-state index contributed by atoms with van der Waals surface area (Å²) in [6.45, 7) is 1.76. The second-order valence-electron chi connectivity index (χ2n) is 5.57. The fraction of sp³-hybridized carbons (Fsp3) is 0.222. The van der Waals surface area contributed by atoms with Crippen LogP contribution in [0, 0.1) is 11.8 Å². The highest BCUT2D eigenvalue weighted by Crippen LogP contribution is 2.34. The summed E-state index contributed by atoms with van der Waals surface area (Å²) in [7, 11) is 0. The Morgan fingerprint density at radius 1 is 0.952 bits per heavy atom. The second-order valence-corrected chi connectivity index (χ2v) is 5.57. The SMILES string of the molecule is CC1=C(Cc2ccc(N)cc2)C(=O)C2C=CC=CC2C1=O. The van der Waals surface area contributed by atoms with Crippen LogP contribution in [0.15, 0.2) is 59.7 Å². The highest BCUT2D eigenvalue weighted by molar-refractivity contribution is 6.15. The summed E-state index contributed by atoms with van der Waals surface area (Å²) in [5, 5.41) is 0. The first-order valence-electron chi connectivity index (χ1n) is 7.05. The third kappa shape index (κ3) is 2.35. The largest absolute Gasteiger partial charge is 0.399 e. The maximum Gasteiger partial charge on any atom is 0.167 e. The molecule has 2 unspecified atom stereocenters. The van der Waals surface area contributed by atoms with Gasteiger partial charge in [0.15, 0.2) is 11.6 Å². The van der Waals surface area contributed by atoms with Crippen LogP contribution in [-0.2, 0) is 16.0 Å². The van der Waals surface area contributed by atoms with Crippen molar-refractivity contribution in [3.8, 4) is 0 Å². The zero-order valence-corrected chi connectivity index (χ0v) is 11.9. The molecule has 1 aromatic rings. The van der Waals surface area contributed by atoms with E-state index >= 15 is 0 Å². The summed E-state index contributed by atoms with van der Waals surface area (Å²) in [6.07, 6.45) is 7.82. The lowest BCUT2D eigenvalue weighted by Gasteiger charge is -2.29. The van der Waals surface area contributed by atoms with E-state index in [2.05, 4.69) is 0 Å². The van der Waals surface area contributed by atoms with Crippen LogP contribution in [0.1, 0.15) is 12.5 Å². The highest BCUT2D eigenvalue weighted by atomic mass is 16.1. The van der Waals surface area contributed by atoms with E-state index < -0.39 is 0 Å². The van der Waals surface area contributed by atoms with E-state index in [1.807, 2.05) is 48.6 Å². The van der Waals surface area contributed by atoms with Crippen LogP contribution in [0.4, 0.5) is 5.69 Å². The van der Waals surface area contributed by atoms with Gasteiger partial charge in [-0.15, -0.1) is 0 Å². The number of carbonyl (C=O) groups is 2. The Morgan fingerprint density at radius 3 is 2.14 bits per heavy atom. The molecule has 0 amide bonds. The minimum Gasteiger partial charge on any atom is -0.399 e. The predicted molar refractivity (Wildman–Crippen MR) is 82.5 cm³/mol. The summed E-state index contributed by atoms with van der Waals surface area (Å²) in [5.41, 5.74) is 8.58. The third-order valence-electron chi connectivity index (χ3n) is 4.22. The van der Waals surface area contributed by atoms with E-state index in [-0.39, 0.29) is 23.4 Å². The number of benzene rings is 1. The number of nitrogen functional groups attached to an aromatic ring is 1. The summed E-state index contributed by atoms with van der Waals surface area (Å²) >= 11 is 0. The molecule has 2 N–H and O–H groups in total. The van der Waals surface area contributed by atoms with Gasteiger partial charge in [0, 0.05) is 17.7 Å². The van der Waals surface area contributed by atoms with Crippen LogP contribution < -0.4 is 5.73 Å². The molecule has 2 atom stereocenters. The normalized spacial score (nSPS) is 24.4. The minimum absolute atomic E-state index is 0.0608. The molecular weight excluding hydrogens is 262 g/mol. The Hall–Kier alpha value is -2.42. The molecule has 3 rings (SSSR count). The number of allylic oxidation sites excluding steroid dienone is 6. The van der Waals surface area contributed by atoms with Crippen molar-refractivity contribution in [1.82, 2.24) is 0 Å². The summed E-state index contributed by atoms with van der Waals surface area (Å²) < 4.78 is 0. The zero-order valence-electron chi connectivity index (χ0n) is 11.9. The first-order chi connectivity index (χ1) is 10.1. The molecule has 0 heterocycles. The number of fused-ring (bicyclic) bond motifs is 1. The average molecular weight is 279 g/mol. The van der Waals surface area contributed by atoms with E-state index in [0.29, 0.717) is 23.3 Å². The molecule has 3 heteroatoms. The van der Waals surface area contributed by atoms with Crippen molar-refractivity contribution in [2.24, 2.45) is 11.8 Å². The van der Waals surface area contributed by atoms with E-state index in [1.54, 1.807) is 6.92 Å². The molecule has 0 fully saturated rings. The molecular formula is C18H17NO2. The number of hydrogen-bond donors (Lipinski definition) is 1. The monoisotopic (exact) mass is 279 g/mol. The van der Waals surface area contributed by atoms with Crippen molar-refractivity contribution in [2.45, 2.75) is 13.3 Å². The number of ketones is 2. The topological polar surface area (TPSA) is 60.2 Å². The van der Waals surface area contributed by atoms with Gasteiger partial charge in [-0.25, -0.2) is 0 Å². The number of anilines is 1. The van der Waals surface area contributed by atoms with Gasteiger partial charge in [0.25, 0.3) is 0 Å². The first kappa shape index (κ1) is 13.6. The molecule has 0 saturated heterocycles. The third-order valence-corrected chi connectivity index (χ3v) is 4.22. The molecule has 1 aromatic carbocycles. The molecule has 2 aliphatic carbocycles. The van der Waals surface area contributed by atoms with Crippen LogP contribution >= 0.6 is 0 Å². The van der Waals surface area contributed by atoms with Crippen LogP contribution in [0.5, 0.6) is 0 Å². The molecule has 0 aliphatic heterocycles. The lowest BCUT2D eigenvalue weighted by Crippen LogP contribution is -2.36. The van der Waals surface area contributed by atoms with Crippen LogP contribution in [0.25, 0.3) is 0 Å². The van der Waals surface area contributed by atoms with Gasteiger partial charge in [-0.05, 0) is 30.2 Å².